The molecule has 60 heavy (non-hydrogen) atoms. The Labute approximate surface area is 349 Å². The lowest BCUT2D eigenvalue weighted by Gasteiger charge is -2.29. The van der Waals surface area contributed by atoms with Gasteiger partial charge in [0.25, 0.3) is 0 Å². The highest BCUT2D eigenvalue weighted by atomic mass is 16.6. The molecule has 2 aliphatic heterocycles. The van der Waals surface area contributed by atoms with Gasteiger partial charge in [0.05, 0.1) is 52.2 Å². The van der Waals surface area contributed by atoms with Gasteiger partial charge in [0.2, 0.25) is 23.6 Å². The van der Waals surface area contributed by atoms with Gasteiger partial charge in [-0.2, -0.15) is 0 Å². The molecule has 0 radical (unpaired) electrons. The van der Waals surface area contributed by atoms with Crippen molar-refractivity contribution in [2.24, 2.45) is 0 Å². The van der Waals surface area contributed by atoms with Gasteiger partial charge < -0.3 is 60.0 Å². The van der Waals surface area contributed by atoms with Gasteiger partial charge in [0.15, 0.2) is 0 Å². The van der Waals surface area contributed by atoms with Gasteiger partial charge in [-0.25, -0.2) is 19.6 Å². The summed E-state index contributed by atoms with van der Waals surface area (Å²) in [6, 6.07) is 4.98. The van der Waals surface area contributed by atoms with Crippen LogP contribution < -0.4 is 21.3 Å². The maximum absolute atomic E-state index is 14.1. The maximum Gasteiger partial charge on any atom is 0.408 e. The summed E-state index contributed by atoms with van der Waals surface area (Å²) in [6.07, 6.45) is 4.50. The zero-order chi connectivity index (χ0) is 43.7. The monoisotopic (exact) mass is 838 g/mol. The minimum Gasteiger partial charge on any atom is -0.444 e. The second-order valence-electron chi connectivity index (χ2n) is 16.1. The van der Waals surface area contributed by atoms with Gasteiger partial charge in [-0.1, -0.05) is 24.3 Å². The number of rotatable bonds is 8. The first kappa shape index (κ1) is 46.7. The average molecular weight is 839 g/mol. The molecule has 4 heterocycles. The van der Waals surface area contributed by atoms with Crippen molar-refractivity contribution in [1.82, 2.24) is 51.0 Å². The van der Waals surface area contributed by atoms with E-state index < -0.39 is 59.1 Å². The second-order valence-corrected chi connectivity index (χ2v) is 16.1. The predicted octanol–water partition coefficient (Wildman–Crippen LogP) is 1.34. The Bertz CT molecular complexity index is 1710. The quantitative estimate of drug-likeness (QED) is 0.176. The molecule has 328 valence electrons. The second kappa shape index (κ2) is 22.4. The van der Waals surface area contributed by atoms with Crippen molar-refractivity contribution >= 4 is 35.8 Å². The number of carbonyl (C=O) groups is 6. The molecular formula is C40H58N10O10. The smallest absolute Gasteiger partial charge is 0.408 e. The first-order chi connectivity index (χ1) is 28.4. The summed E-state index contributed by atoms with van der Waals surface area (Å²) in [5, 5.41) is 11.0. The van der Waals surface area contributed by atoms with E-state index in [0.29, 0.717) is 11.4 Å². The Hall–Kier alpha value is -6.02. The summed E-state index contributed by atoms with van der Waals surface area (Å²) in [4.78, 5) is 96.8. The zero-order valence-corrected chi connectivity index (χ0v) is 35.1. The third-order valence-electron chi connectivity index (χ3n) is 8.61. The molecule has 3 aromatic rings. The number of imidazole rings is 2. The maximum atomic E-state index is 14.1. The molecule has 20 heteroatoms. The highest BCUT2D eigenvalue weighted by molar-refractivity contribution is 5.90. The number of alkyl carbamates (subject to hydrolysis) is 2. The Balaban J connectivity index is 1.49. The van der Waals surface area contributed by atoms with Crippen LogP contribution in [-0.4, -0.2) is 141 Å². The molecule has 0 aliphatic carbocycles. The van der Waals surface area contributed by atoms with Crippen molar-refractivity contribution in [1.29, 1.82) is 0 Å². The molecule has 0 spiro atoms. The van der Waals surface area contributed by atoms with Gasteiger partial charge in [-0.3, -0.25) is 19.2 Å². The molecule has 1 aromatic carbocycles. The van der Waals surface area contributed by atoms with Crippen LogP contribution in [0.1, 0.15) is 64.1 Å². The zero-order valence-electron chi connectivity index (χ0n) is 35.1. The highest BCUT2D eigenvalue weighted by Crippen LogP contribution is 2.12. The average Bonchev–Trinajstić information content (AvgIpc) is 3.89. The molecule has 20 nitrogen and oxygen atoms in total. The van der Waals surface area contributed by atoms with Crippen LogP contribution in [0.4, 0.5) is 9.59 Å². The lowest BCUT2D eigenvalue weighted by atomic mass is 10.1. The standard InChI is InChI=1S/C40H58N10O10/c1-39(2,3)59-37(55)47-31(17-29-21-41-25-45-29)35(53)49-11-13-57-15-16-58-14-12-50(24-34(52)44-20-28-9-7-27(8-10-28)19-43-33(51)23-49)36(54)32(18-30-22-42-26-46-30)48-38(56)60-40(4,5)6/h7-10,21-22,25-26,31-32H,11-20,23-24H2,1-6H3,(H,41,45)(H,42,46)(H,43,51)(H,44,52)(H,47,55)(H,48,56)/t31-,32-/m0/s1. The van der Waals surface area contributed by atoms with Crippen LogP contribution in [0.2, 0.25) is 0 Å². The van der Waals surface area contributed by atoms with E-state index in [0.717, 1.165) is 11.1 Å². The van der Waals surface area contributed by atoms with Gasteiger partial charge in [-0.15, -0.1) is 0 Å². The molecular weight excluding hydrogens is 780 g/mol. The first-order valence-electron chi connectivity index (χ1n) is 19.7. The molecule has 2 bridgehead atoms. The van der Waals surface area contributed by atoms with Crippen molar-refractivity contribution in [2.75, 3.05) is 52.6 Å². The number of H-pyrrole nitrogens is 2. The van der Waals surface area contributed by atoms with Crippen LogP contribution in [0.3, 0.4) is 0 Å². The van der Waals surface area contributed by atoms with Gasteiger partial charge in [0.1, 0.15) is 23.3 Å². The molecule has 2 aliphatic rings. The Kier molecular flexibility index (Phi) is 17.4. The number of ether oxygens (including phenoxy) is 4. The van der Waals surface area contributed by atoms with E-state index in [4.69, 9.17) is 18.9 Å². The van der Waals surface area contributed by atoms with E-state index in [1.165, 1.54) is 34.8 Å². The van der Waals surface area contributed by atoms with E-state index in [1.54, 1.807) is 65.8 Å². The number of hydrogen-bond donors (Lipinski definition) is 6. The number of aromatic nitrogens is 4. The summed E-state index contributed by atoms with van der Waals surface area (Å²) in [7, 11) is 0. The van der Waals surface area contributed by atoms with E-state index in [1.807, 2.05) is 0 Å². The Morgan fingerprint density at radius 3 is 1.38 bits per heavy atom. The number of amides is 6. The number of hydrogen-bond acceptors (Lipinski definition) is 12. The van der Waals surface area contributed by atoms with Crippen molar-refractivity contribution in [3.05, 3.63) is 71.8 Å². The topological polar surface area (TPSA) is 251 Å². The largest absolute Gasteiger partial charge is 0.444 e. The molecule has 2 aromatic heterocycles. The van der Waals surface area contributed by atoms with Crippen LogP contribution in [-0.2, 0) is 64.1 Å². The van der Waals surface area contributed by atoms with Gasteiger partial charge in [-0.05, 0) is 52.7 Å². The molecule has 0 fully saturated rings. The Morgan fingerprint density at radius 1 is 0.667 bits per heavy atom. The van der Waals surface area contributed by atoms with E-state index >= 15 is 0 Å². The van der Waals surface area contributed by atoms with E-state index in [9.17, 15) is 28.8 Å². The van der Waals surface area contributed by atoms with Gasteiger partial charge in [0, 0.05) is 62.8 Å². The van der Waals surface area contributed by atoms with Crippen molar-refractivity contribution < 1.29 is 47.7 Å². The minimum absolute atomic E-state index is 0.00379. The number of nitrogens with zero attached hydrogens (tertiary/aromatic N) is 4. The third-order valence-corrected chi connectivity index (χ3v) is 8.61. The van der Waals surface area contributed by atoms with E-state index in [-0.39, 0.29) is 78.5 Å². The highest BCUT2D eigenvalue weighted by Gasteiger charge is 2.32. The molecule has 5 rings (SSSR count). The third kappa shape index (κ3) is 17.1. The summed E-state index contributed by atoms with van der Waals surface area (Å²) in [5.74, 6) is -1.95. The lowest BCUT2D eigenvalue weighted by molar-refractivity contribution is -0.139. The molecule has 0 saturated carbocycles. The lowest BCUT2D eigenvalue weighted by Crippen LogP contribution is -2.53. The fourth-order valence-corrected chi connectivity index (χ4v) is 5.81. The van der Waals surface area contributed by atoms with Crippen molar-refractivity contribution in [3.63, 3.8) is 0 Å². The summed E-state index contributed by atoms with van der Waals surface area (Å²) in [5.41, 5.74) is 1.06. The number of nitrogens with one attached hydrogen (secondary N) is 6. The number of benzene rings is 1. The van der Waals surface area contributed by atoms with Crippen LogP contribution in [0, 0.1) is 0 Å². The fourth-order valence-electron chi connectivity index (χ4n) is 5.81. The van der Waals surface area contributed by atoms with Crippen LogP contribution in [0.25, 0.3) is 0 Å². The Morgan fingerprint density at radius 2 is 1.05 bits per heavy atom. The molecule has 2 atom stereocenters. The van der Waals surface area contributed by atoms with E-state index in [2.05, 4.69) is 41.2 Å². The summed E-state index contributed by atoms with van der Waals surface area (Å²) in [6.45, 7) is 10.1. The van der Waals surface area contributed by atoms with Crippen molar-refractivity contribution in [2.45, 2.75) is 90.8 Å². The normalized spacial score (nSPS) is 16.6. The summed E-state index contributed by atoms with van der Waals surface area (Å²) < 4.78 is 22.4. The first-order valence-corrected chi connectivity index (χ1v) is 19.7. The molecule has 0 unspecified atom stereocenters. The van der Waals surface area contributed by atoms with Gasteiger partial charge >= 0.3 is 12.2 Å². The predicted molar refractivity (Wildman–Crippen MR) is 216 cm³/mol. The number of aromatic amines is 2. The number of carbonyl (C=O) groups excluding carboxylic acids is 6. The molecule has 6 N–H and O–H groups in total. The summed E-state index contributed by atoms with van der Waals surface area (Å²) >= 11 is 0. The molecule has 6 amide bonds. The molecule has 0 saturated heterocycles. The number of fused-ring (bicyclic) bond motifs is 19. The minimum atomic E-state index is -1.10. The van der Waals surface area contributed by atoms with Crippen LogP contribution >= 0.6 is 0 Å². The van der Waals surface area contributed by atoms with Crippen LogP contribution in [0.15, 0.2) is 49.3 Å². The van der Waals surface area contributed by atoms with Crippen molar-refractivity contribution in [3.8, 4) is 0 Å². The SMILES string of the molecule is CC(C)(C)OC(=O)N[C@@H](Cc1cnc[nH]1)C(=O)N1CCOCCOCCN(C(=O)[C@H](Cc2cnc[nH]2)NC(=O)OC(C)(C)C)CC(=O)NCc2ccc(cc2)CNC(=O)C1. The fraction of sp³-hybridized carbons (Fsp3) is 0.550. The van der Waals surface area contributed by atoms with Crippen LogP contribution in [0.5, 0.6) is 0 Å².